The minimum atomic E-state index is -0.557. The summed E-state index contributed by atoms with van der Waals surface area (Å²) < 4.78 is 11.2. The molecule has 3 nitrogen and oxygen atoms in total. The van der Waals surface area contributed by atoms with E-state index < -0.39 is 6.10 Å². The maximum atomic E-state index is 9.70. The molecule has 0 aromatic heterocycles. The molecule has 0 bridgehead atoms. The first-order chi connectivity index (χ1) is 9.20. The summed E-state index contributed by atoms with van der Waals surface area (Å²) >= 11 is 0. The van der Waals surface area contributed by atoms with Gasteiger partial charge in [0.25, 0.3) is 0 Å². The average molecular weight is 258 g/mol. The van der Waals surface area contributed by atoms with E-state index in [0.29, 0.717) is 12.4 Å². The SMILES string of the molecule is CCOc1ccc(Oc2ccccc2[C@H](C)O)cc1. The smallest absolute Gasteiger partial charge is 0.133 e. The van der Waals surface area contributed by atoms with E-state index in [4.69, 9.17) is 9.47 Å². The Morgan fingerprint density at radius 3 is 2.26 bits per heavy atom. The highest BCUT2D eigenvalue weighted by Crippen LogP contribution is 2.30. The minimum Gasteiger partial charge on any atom is -0.494 e. The van der Waals surface area contributed by atoms with Crippen LogP contribution >= 0.6 is 0 Å². The second-order valence-electron chi connectivity index (χ2n) is 4.22. The molecule has 0 amide bonds. The van der Waals surface area contributed by atoms with Gasteiger partial charge in [0.15, 0.2) is 0 Å². The van der Waals surface area contributed by atoms with Crippen molar-refractivity contribution < 1.29 is 14.6 Å². The van der Waals surface area contributed by atoms with Gasteiger partial charge in [0.2, 0.25) is 0 Å². The van der Waals surface area contributed by atoms with Gasteiger partial charge in [-0.15, -0.1) is 0 Å². The Balaban J connectivity index is 2.17. The molecule has 3 heteroatoms. The van der Waals surface area contributed by atoms with Gasteiger partial charge in [-0.25, -0.2) is 0 Å². The molecule has 0 saturated heterocycles. The largest absolute Gasteiger partial charge is 0.494 e. The van der Waals surface area contributed by atoms with Gasteiger partial charge in [-0.2, -0.15) is 0 Å². The highest BCUT2D eigenvalue weighted by molar-refractivity contribution is 5.40. The molecule has 0 spiro atoms. The predicted molar refractivity (Wildman–Crippen MR) is 74.8 cm³/mol. The number of hydrogen-bond donors (Lipinski definition) is 1. The van der Waals surface area contributed by atoms with Crippen LogP contribution in [0.3, 0.4) is 0 Å². The van der Waals surface area contributed by atoms with Gasteiger partial charge < -0.3 is 14.6 Å². The number of hydrogen-bond acceptors (Lipinski definition) is 3. The third-order valence-corrected chi connectivity index (χ3v) is 2.73. The number of rotatable bonds is 5. The fourth-order valence-corrected chi connectivity index (χ4v) is 1.82. The van der Waals surface area contributed by atoms with Crippen LogP contribution in [-0.4, -0.2) is 11.7 Å². The van der Waals surface area contributed by atoms with Crippen molar-refractivity contribution in [1.29, 1.82) is 0 Å². The van der Waals surface area contributed by atoms with Crippen LogP contribution in [0.2, 0.25) is 0 Å². The molecule has 0 radical (unpaired) electrons. The first kappa shape index (κ1) is 13.4. The molecule has 0 fully saturated rings. The molecule has 2 aromatic rings. The molecule has 2 aromatic carbocycles. The van der Waals surface area contributed by atoms with Crippen molar-refractivity contribution in [2.24, 2.45) is 0 Å². The van der Waals surface area contributed by atoms with Crippen LogP contribution in [0, 0.1) is 0 Å². The van der Waals surface area contributed by atoms with Crippen LogP contribution in [0.25, 0.3) is 0 Å². The quantitative estimate of drug-likeness (QED) is 0.883. The normalized spacial score (nSPS) is 11.9. The Hall–Kier alpha value is -2.00. The van der Waals surface area contributed by atoms with E-state index >= 15 is 0 Å². The molecule has 0 heterocycles. The van der Waals surface area contributed by atoms with Crippen LogP contribution in [0.5, 0.6) is 17.2 Å². The number of benzene rings is 2. The summed E-state index contributed by atoms with van der Waals surface area (Å²) in [7, 11) is 0. The summed E-state index contributed by atoms with van der Waals surface area (Å²) in [5.74, 6) is 2.21. The van der Waals surface area contributed by atoms with Crippen LogP contribution < -0.4 is 9.47 Å². The van der Waals surface area contributed by atoms with Crippen molar-refractivity contribution in [3.05, 3.63) is 54.1 Å². The molecule has 1 atom stereocenters. The van der Waals surface area contributed by atoms with E-state index in [1.165, 1.54) is 0 Å². The molecule has 2 rings (SSSR count). The Morgan fingerprint density at radius 1 is 1.00 bits per heavy atom. The zero-order valence-electron chi connectivity index (χ0n) is 11.2. The summed E-state index contributed by atoms with van der Waals surface area (Å²) in [6.07, 6.45) is -0.557. The van der Waals surface area contributed by atoms with Gasteiger partial charge in [0.05, 0.1) is 12.7 Å². The molecule has 1 N–H and O–H groups in total. The highest BCUT2D eigenvalue weighted by atomic mass is 16.5. The van der Waals surface area contributed by atoms with E-state index in [2.05, 4.69) is 0 Å². The summed E-state index contributed by atoms with van der Waals surface area (Å²) in [5, 5.41) is 9.70. The second kappa shape index (κ2) is 6.25. The lowest BCUT2D eigenvalue weighted by Crippen LogP contribution is -1.96. The van der Waals surface area contributed by atoms with Crippen LogP contribution in [0.4, 0.5) is 0 Å². The average Bonchev–Trinajstić information content (AvgIpc) is 2.42. The topological polar surface area (TPSA) is 38.7 Å². The Bertz CT molecular complexity index is 518. The molecule has 100 valence electrons. The molecule has 19 heavy (non-hydrogen) atoms. The number of para-hydroxylation sites is 1. The van der Waals surface area contributed by atoms with Crippen molar-refractivity contribution >= 4 is 0 Å². The molecule has 0 aliphatic rings. The lowest BCUT2D eigenvalue weighted by atomic mass is 10.1. The van der Waals surface area contributed by atoms with Crippen molar-refractivity contribution in [2.75, 3.05) is 6.61 Å². The van der Waals surface area contributed by atoms with Crippen molar-refractivity contribution in [3.8, 4) is 17.2 Å². The summed E-state index contributed by atoms with van der Waals surface area (Å²) in [4.78, 5) is 0. The van der Waals surface area contributed by atoms with E-state index in [1.807, 2.05) is 55.5 Å². The maximum Gasteiger partial charge on any atom is 0.133 e. The number of ether oxygens (including phenoxy) is 2. The summed E-state index contributed by atoms with van der Waals surface area (Å²) in [6.45, 7) is 4.31. The third kappa shape index (κ3) is 3.48. The van der Waals surface area contributed by atoms with Gasteiger partial charge in [-0.3, -0.25) is 0 Å². The summed E-state index contributed by atoms with van der Waals surface area (Å²) in [6, 6.07) is 14.9. The molecular weight excluding hydrogens is 240 g/mol. The zero-order chi connectivity index (χ0) is 13.7. The molecule has 0 unspecified atom stereocenters. The molecule has 0 aliphatic heterocycles. The van der Waals surface area contributed by atoms with Crippen molar-refractivity contribution in [2.45, 2.75) is 20.0 Å². The monoisotopic (exact) mass is 258 g/mol. The molecular formula is C16H18O3. The van der Waals surface area contributed by atoms with Gasteiger partial charge in [-0.05, 0) is 44.2 Å². The Labute approximate surface area is 113 Å². The number of aliphatic hydroxyl groups excluding tert-OH is 1. The first-order valence-corrected chi connectivity index (χ1v) is 6.38. The van der Waals surface area contributed by atoms with Crippen molar-refractivity contribution in [1.82, 2.24) is 0 Å². The predicted octanol–water partition coefficient (Wildman–Crippen LogP) is 3.93. The lowest BCUT2D eigenvalue weighted by Gasteiger charge is -2.13. The van der Waals surface area contributed by atoms with Crippen LogP contribution in [0.1, 0.15) is 25.5 Å². The third-order valence-electron chi connectivity index (χ3n) is 2.73. The molecule has 0 saturated carbocycles. The van der Waals surface area contributed by atoms with E-state index in [-0.39, 0.29) is 0 Å². The number of aliphatic hydroxyl groups is 1. The summed E-state index contributed by atoms with van der Waals surface area (Å²) in [5.41, 5.74) is 0.774. The standard InChI is InChI=1S/C16H18O3/c1-3-18-13-8-10-14(11-9-13)19-16-7-5-4-6-15(16)12(2)17/h4-12,17H,3H2,1-2H3/t12-/m0/s1. The van der Waals surface area contributed by atoms with Gasteiger partial charge in [0.1, 0.15) is 17.2 Å². The fraction of sp³-hybridized carbons (Fsp3) is 0.250. The van der Waals surface area contributed by atoms with E-state index in [1.54, 1.807) is 6.92 Å². The van der Waals surface area contributed by atoms with Gasteiger partial charge in [-0.1, -0.05) is 18.2 Å². The highest BCUT2D eigenvalue weighted by Gasteiger charge is 2.08. The lowest BCUT2D eigenvalue weighted by molar-refractivity contribution is 0.195. The second-order valence-corrected chi connectivity index (χ2v) is 4.22. The van der Waals surface area contributed by atoms with Gasteiger partial charge in [0, 0.05) is 5.56 Å². The Kier molecular flexibility index (Phi) is 4.42. The van der Waals surface area contributed by atoms with E-state index in [9.17, 15) is 5.11 Å². The zero-order valence-corrected chi connectivity index (χ0v) is 11.2. The molecule has 0 aliphatic carbocycles. The minimum absolute atomic E-state index is 0.557. The van der Waals surface area contributed by atoms with Crippen molar-refractivity contribution in [3.63, 3.8) is 0 Å². The van der Waals surface area contributed by atoms with Crippen LogP contribution in [0.15, 0.2) is 48.5 Å². The first-order valence-electron chi connectivity index (χ1n) is 6.38. The van der Waals surface area contributed by atoms with E-state index in [0.717, 1.165) is 17.1 Å². The fourth-order valence-electron chi connectivity index (χ4n) is 1.82. The maximum absolute atomic E-state index is 9.70. The van der Waals surface area contributed by atoms with Gasteiger partial charge >= 0.3 is 0 Å². The van der Waals surface area contributed by atoms with Crippen LogP contribution in [-0.2, 0) is 0 Å². The Morgan fingerprint density at radius 2 is 1.63 bits per heavy atom.